The number of nitrogens with zero attached hydrogens (tertiary/aromatic N) is 2. The van der Waals surface area contributed by atoms with Gasteiger partial charge in [0.05, 0.1) is 17.3 Å². The van der Waals surface area contributed by atoms with Crippen molar-refractivity contribution in [2.45, 2.75) is 13.1 Å². The van der Waals surface area contributed by atoms with Gasteiger partial charge in [-0.25, -0.2) is 0 Å². The Morgan fingerprint density at radius 2 is 2.06 bits per heavy atom. The summed E-state index contributed by atoms with van der Waals surface area (Å²) in [5, 5.41) is 12.1. The van der Waals surface area contributed by atoms with Crippen molar-refractivity contribution in [3.05, 3.63) is 65.5 Å². The Bertz CT molecular complexity index is 514. The van der Waals surface area contributed by atoms with E-state index in [1.165, 1.54) is 0 Å². The summed E-state index contributed by atoms with van der Waals surface area (Å²) in [5.41, 5.74) is 2.83. The summed E-state index contributed by atoms with van der Waals surface area (Å²) in [5.74, 6) is 0. The third kappa shape index (κ3) is 3.40. The van der Waals surface area contributed by atoms with Crippen molar-refractivity contribution in [1.29, 1.82) is 5.26 Å². The van der Waals surface area contributed by atoms with E-state index in [1.54, 1.807) is 6.20 Å². The normalized spacial score (nSPS) is 9.82. The van der Waals surface area contributed by atoms with E-state index in [0.717, 1.165) is 24.3 Å². The maximum Gasteiger partial charge on any atom is 0.0991 e. The number of nitriles is 1. The molecule has 0 radical (unpaired) electrons. The largest absolute Gasteiger partial charge is 0.307 e. The molecule has 0 aliphatic carbocycles. The van der Waals surface area contributed by atoms with Crippen molar-refractivity contribution in [2.24, 2.45) is 0 Å². The number of nitrogens with one attached hydrogen (secondary N) is 1. The monoisotopic (exact) mass is 223 g/mol. The summed E-state index contributed by atoms with van der Waals surface area (Å²) in [6, 6.07) is 15.6. The summed E-state index contributed by atoms with van der Waals surface area (Å²) < 4.78 is 0. The van der Waals surface area contributed by atoms with Crippen LogP contribution in [0.2, 0.25) is 0 Å². The van der Waals surface area contributed by atoms with Gasteiger partial charge in [0.1, 0.15) is 0 Å². The van der Waals surface area contributed by atoms with Gasteiger partial charge in [0.15, 0.2) is 0 Å². The van der Waals surface area contributed by atoms with Gasteiger partial charge in [-0.2, -0.15) is 5.26 Å². The molecular formula is C14H13N3. The second-order valence-electron chi connectivity index (χ2n) is 3.74. The van der Waals surface area contributed by atoms with Gasteiger partial charge in [0, 0.05) is 19.3 Å². The molecule has 17 heavy (non-hydrogen) atoms. The zero-order valence-electron chi connectivity index (χ0n) is 9.43. The van der Waals surface area contributed by atoms with Crippen LogP contribution in [0, 0.1) is 11.3 Å². The Hall–Kier alpha value is -2.18. The average Bonchev–Trinajstić information content (AvgIpc) is 2.40. The van der Waals surface area contributed by atoms with Crippen molar-refractivity contribution < 1.29 is 0 Å². The van der Waals surface area contributed by atoms with Gasteiger partial charge in [-0.3, -0.25) is 4.98 Å². The van der Waals surface area contributed by atoms with Gasteiger partial charge in [0.25, 0.3) is 0 Å². The Morgan fingerprint density at radius 1 is 1.12 bits per heavy atom. The van der Waals surface area contributed by atoms with E-state index in [0.29, 0.717) is 5.56 Å². The molecule has 3 nitrogen and oxygen atoms in total. The molecule has 0 bridgehead atoms. The molecule has 1 aromatic carbocycles. The summed E-state index contributed by atoms with van der Waals surface area (Å²) >= 11 is 0. The average molecular weight is 223 g/mol. The minimum atomic E-state index is 0.696. The predicted molar refractivity (Wildman–Crippen MR) is 65.9 cm³/mol. The van der Waals surface area contributed by atoms with E-state index in [2.05, 4.69) is 16.4 Å². The molecule has 2 aromatic rings. The van der Waals surface area contributed by atoms with Crippen LogP contribution >= 0.6 is 0 Å². The lowest BCUT2D eigenvalue weighted by atomic mass is 10.1. The molecule has 0 amide bonds. The van der Waals surface area contributed by atoms with Crippen molar-refractivity contribution in [2.75, 3.05) is 0 Å². The maximum atomic E-state index is 8.79. The van der Waals surface area contributed by atoms with Gasteiger partial charge in [-0.05, 0) is 29.8 Å². The van der Waals surface area contributed by atoms with Crippen LogP contribution in [-0.4, -0.2) is 4.98 Å². The first-order chi connectivity index (χ1) is 8.38. The van der Waals surface area contributed by atoms with Crippen LogP contribution in [0.15, 0.2) is 48.7 Å². The number of aromatic nitrogens is 1. The lowest BCUT2D eigenvalue weighted by Gasteiger charge is -2.04. The van der Waals surface area contributed by atoms with Gasteiger partial charge in [0.2, 0.25) is 0 Å². The van der Waals surface area contributed by atoms with E-state index in [9.17, 15) is 0 Å². The maximum absolute atomic E-state index is 8.79. The van der Waals surface area contributed by atoms with E-state index in [1.807, 2.05) is 42.5 Å². The van der Waals surface area contributed by atoms with E-state index in [4.69, 9.17) is 5.26 Å². The molecular weight excluding hydrogens is 210 g/mol. The molecule has 0 atom stereocenters. The number of benzene rings is 1. The fourth-order valence-electron chi connectivity index (χ4n) is 1.59. The number of hydrogen-bond donors (Lipinski definition) is 1. The molecule has 1 aromatic heterocycles. The van der Waals surface area contributed by atoms with Crippen LogP contribution in [0.3, 0.4) is 0 Å². The standard InChI is InChI=1S/C14H13N3/c15-9-12-4-3-5-13(8-12)10-16-11-14-6-1-2-7-17-14/h1-8,16H,10-11H2. The van der Waals surface area contributed by atoms with Gasteiger partial charge in [-0.15, -0.1) is 0 Å². The quantitative estimate of drug-likeness (QED) is 0.864. The first-order valence-corrected chi connectivity index (χ1v) is 5.48. The van der Waals surface area contributed by atoms with Gasteiger partial charge < -0.3 is 5.32 Å². The Balaban J connectivity index is 1.88. The highest BCUT2D eigenvalue weighted by Gasteiger charge is 1.96. The van der Waals surface area contributed by atoms with Crippen LogP contribution in [0.25, 0.3) is 0 Å². The first-order valence-electron chi connectivity index (χ1n) is 5.48. The molecule has 0 saturated heterocycles. The molecule has 0 aliphatic heterocycles. The van der Waals surface area contributed by atoms with Gasteiger partial charge >= 0.3 is 0 Å². The Morgan fingerprint density at radius 3 is 2.82 bits per heavy atom. The summed E-state index contributed by atoms with van der Waals surface area (Å²) in [4.78, 5) is 4.23. The van der Waals surface area contributed by atoms with Crippen LogP contribution in [-0.2, 0) is 13.1 Å². The SMILES string of the molecule is N#Cc1cccc(CNCc2ccccn2)c1. The Kier molecular flexibility index (Phi) is 3.85. The van der Waals surface area contributed by atoms with Gasteiger partial charge in [-0.1, -0.05) is 18.2 Å². The minimum absolute atomic E-state index is 0.696. The second-order valence-corrected chi connectivity index (χ2v) is 3.74. The number of rotatable bonds is 4. The van der Waals surface area contributed by atoms with E-state index < -0.39 is 0 Å². The van der Waals surface area contributed by atoms with Crippen molar-refractivity contribution in [1.82, 2.24) is 10.3 Å². The fraction of sp³-hybridized carbons (Fsp3) is 0.143. The zero-order valence-corrected chi connectivity index (χ0v) is 9.43. The number of pyridine rings is 1. The minimum Gasteiger partial charge on any atom is -0.307 e. The zero-order chi connectivity index (χ0) is 11.9. The molecule has 0 spiro atoms. The topological polar surface area (TPSA) is 48.7 Å². The predicted octanol–water partition coefficient (Wildman–Crippen LogP) is 2.24. The second kappa shape index (κ2) is 5.78. The molecule has 0 unspecified atom stereocenters. The lowest BCUT2D eigenvalue weighted by Crippen LogP contribution is -2.13. The lowest BCUT2D eigenvalue weighted by molar-refractivity contribution is 0.679. The first kappa shape index (κ1) is 11.3. The molecule has 2 rings (SSSR count). The van der Waals surface area contributed by atoms with E-state index in [-0.39, 0.29) is 0 Å². The third-order valence-electron chi connectivity index (χ3n) is 2.42. The molecule has 0 saturated carbocycles. The molecule has 1 N–H and O–H groups in total. The third-order valence-corrected chi connectivity index (χ3v) is 2.42. The van der Waals surface area contributed by atoms with Crippen molar-refractivity contribution in [3.8, 4) is 6.07 Å². The highest BCUT2D eigenvalue weighted by atomic mass is 14.9. The smallest absolute Gasteiger partial charge is 0.0991 e. The van der Waals surface area contributed by atoms with Crippen LogP contribution in [0.5, 0.6) is 0 Å². The van der Waals surface area contributed by atoms with Crippen LogP contribution < -0.4 is 5.32 Å². The van der Waals surface area contributed by atoms with Crippen molar-refractivity contribution in [3.63, 3.8) is 0 Å². The fourth-order valence-corrected chi connectivity index (χ4v) is 1.59. The number of hydrogen-bond acceptors (Lipinski definition) is 3. The highest BCUT2D eigenvalue weighted by molar-refractivity contribution is 5.32. The van der Waals surface area contributed by atoms with E-state index >= 15 is 0 Å². The highest BCUT2D eigenvalue weighted by Crippen LogP contribution is 2.04. The summed E-state index contributed by atoms with van der Waals surface area (Å²) in [7, 11) is 0. The summed E-state index contributed by atoms with van der Waals surface area (Å²) in [6.45, 7) is 1.48. The van der Waals surface area contributed by atoms with Crippen molar-refractivity contribution >= 4 is 0 Å². The molecule has 3 heteroatoms. The van der Waals surface area contributed by atoms with Crippen LogP contribution in [0.4, 0.5) is 0 Å². The molecule has 1 heterocycles. The molecule has 84 valence electrons. The van der Waals surface area contributed by atoms with Crippen LogP contribution in [0.1, 0.15) is 16.8 Å². The molecule has 0 fully saturated rings. The Labute approximate surface area is 101 Å². The summed E-state index contributed by atoms with van der Waals surface area (Å²) in [6.07, 6.45) is 1.79. The molecule has 0 aliphatic rings.